The van der Waals surface area contributed by atoms with Crippen molar-refractivity contribution in [1.29, 1.82) is 0 Å². The zero-order valence-corrected chi connectivity index (χ0v) is 9.41. The third-order valence-corrected chi connectivity index (χ3v) is 2.17. The number of nitrogens with zero attached hydrogens (tertiary/aromatic N) is 1. The molecule has 1 heterocycles. The van der Waals surface area contributed by atoms with Gasteiger partial charge in [-0.05, 0) is 18.2 Å². The highest BCUT2D eigenvalue weighted by atomic mass is 19.4. The van der Waals surface area contributed by atoms with Gasteiger partial charge in [-0.3, -0.25) is 0 Å². The topological polar surface area (TPSA) is 48.1 Å². The Morgan fingerprint density at radius 2 is 1.84 bits per heavy atom. The summed E-state index contributed by atoms with van der Waals surface area (Å²) in [5, 5.41) is 0. The van der Waals surface area contributed by atoms with Crippen LogP contribution in [0.25, 0.3) is 0 Å². The first-order valence-corrected chi connectivity index (χ1v) is 5.13. The first-order chi connectivity index (χ1) is 8.84. The van der Waals surface area contributed by atoms with Crippen molar-refractivity contribution >= 4 is 5.82 Å². The van der Waals surface area contributed by atoms with Gasteiger partial charge in [0.05, 0.1) is 5.56 Å². The lowest BCUT2D eigenvalue weighted by Crippen LogP contribution is -2.07. The van der Waals surface area contributed by atoms with Gasteiger partial charge in [-0.15, -0.1) is 0 Å². The van der Waals surface area contributed by atoms with Gasteiger partial charge >= 0.3 is 6.18 Å². The average Bonchev–Trinajstić information content (AvgIpc) is 2.26. The summed E-state index contributed by atoms with van der Waals surface area (Å²) in [7, 11) is 0. The van der Waals surface area contributed by atoms with Crippen LogP contribution in [0.3, 0.4) is 0 Å². The molecule has 2 N–H and O–H groups in total. The lowest BCUT2D eigenvalue weighted by molar-refractivity contribution is -0.137. The van der Waals surface area contributed by atoms with Crippen molar-refractivity contribution in [2.45, 2.75) is 6.18 Å². The van der Waals surface area contributed by atoms with Crippen molar-refractivity contribution in [1.82, 2.24) is 4.98 Å². The number of benzene rings is 1. The van der Waals surface area contributed by atoms with Gasteiger partial charge in [0, 0.05) is 12.1 Å². The fourth-order valence-electron chi connectivity index (χ4n) is 1.39. The number of aromatic nitrogens is 1. The average molecular weight is 272 g/mol. The zero-order chi connectivity index (χ0) is 14.0. The van der Waals surface area contributed by atoms with Crippen LogP contribution in [0, 0.1) is 5.82 Å². The van der Waals surface area contributed by atoms with E-state index in [1.807, 2.05) is 0 Å². The predicted octanol–water partition coefficient (Wildman–Crippen LogP) is 3.61. The Hall–Kier alpha value is -2.31. The van der Waals surface area contributed by atoms with Crippen LogP contribution in [0.2, 0.25) is 0 Å². The summed E-state index contributed by atoms with van der Waals surface area (Å²) in [6.07, 6.45) is -4.56. The quantitative estimate of drug-likeness (QED) is 0.849. The predicted molar refractivity (Wildman–Crippen MR) is 60.1 cm³/mol. The second-order valence-corrected chi connectivity index (χ2v) is 3.68. The molecule has 100 valence electrons. The summed E-state index contributed by atoms with van der Waals surface area (Å²) in [4.78, 5) is 3.61. The van der Waals surface area contributed by atoms with Crippen molar-refractivity contribution in [2.24, 2.45) is 0 Å². The van der Waals surface area contributed by atoms with Gasteiger partial charge in [-0.25, -0.2) is 4.39 Å². The number of alkyl halides is 3. The third kappa shape index (κ3) is 3.34. The molecule has 0 amide bonds. The molecule has 0 aliphatic heterocycles. The van der Waals surface area contributed by atoms with Crippen LogP contribution >= 0.6 is 0 Å². The maximum absolute atomic E-state index is 12.9. The van der Waals surface area contributed by atoms with Crippen molar-refractivity contribution in [3.63, 3.8) is 0 Å². The highest BCUT2D eigenvalue weighted by Crippen LogP contribution is 2.33. The van der Waals surface area contributed by atoms with Crippen molar-refractivity contribution in [2.75, 3.05) is 5.73 Å². The van der Waals surface area contributed by atoms with Crippen LogP contribution < -0.4 is 10.5 Å². The standard InChI is InChI=1S/C12H8F4N2O/c13-8-2-1-3-9(6-8)19-11-5-7(12(14,15)16)4-10(17)18-11/h1-6H,(H2,17,18). The van der Waals surface area contributed by atoms with Crippen LogP contribution in [-0.4, -0.2) is 4.98 Å². The number of nitrogens with two attached hydrogens (primary N) is 1. The molecule has 0 spiro atoms. The number of anilines is 1. The Morgan fingerprint density at radius 3 is 2.47 bits per heavy atom. The molecular formula is C12H8F4N2O. The molecule has 1 aromatic heterocycles. The highest BCUT2D eigenvalue weighted by molar-refractivity contribution is 5.40. The molecule has 0 aliphatic carbocycles. The first kappa shape index (κ1) is 13.1. The fraction of sp³-hybridized carbons (Fsp3) is 0.0833. The molecule has 1 aromatic carbocycles. The number of nitrogen functional groups attached to an aromatic ring is 1. The number of hydrogen-bond donors (Lipinski definition) is 1. The Morgan fingerprint density at radius 1 is 1.11 bits per heavy atom. The van der Waals surface area contributed by atoms with Gasteiger partial charge in [0.1, 0.15) is 17.4 Å². The summed E-state index contributed by atoms with van der Waals surface area (Å²) >= 11 is 0. The number of hydrogen-bond acceptors (Lipinski definition) is 3. The van der Waals surface area contributed by atoms with Gasteiger partial charge < -0.3 is 10.5 Å². The van der Waals surface area contributed by atoms with Crippen LogP contribution in [-0.2, 0) is 6.18 Å². The summed E-state index contributed by atoms with van der Waals surface area (Å²) in [6, 6.07) is 6.35. The first-order valence-electron chi connectivity index (χ1n) is 5.13. The van der Waals surface area contributed by atoms with Gasteiger partial charge in [0.15, 0.2) is 0 Å². The zero-order valence-electron chi connectivity index (χ0n) is 9.41. The van der Waals surface area contributed by atoms with E-state index in [0.717, 1.165) is 6.07 Å². The van der Waals surface area contributed by atoms with E-state index in [1.165, 1.54) is 18.2 Å². The molecular weight excluding hydrogens is 264 g/mol. The second-order valence-electron chi connectivity index (χ2n) is 3.68. The normalized spacial score (nSPS) is 11.4. The SMILES string of the molecule is Nc1cc(C(F)(F)F)cc(Oc2cccc(F)c2)n1. The molecule has 0 atom stereocenters. The lowest BCUT2D eigenvalue weighted by Gasteiger charge is -2.10. The number of rotatable bonds is 2. The molecule has 2 aromatic rings. The molecule has 0 radical (unpaired) electrons. The molecule has 3 nitrogen and oxygen atoms in total. The van der Waals surface area contributed by atoms with E-state index in [2.05, 4.69) is 4.98 Å². The lowest BCUT2D eigenvalue weighted by atomic mass is 10.2. The van der Waals surface area contributed by atoms with E-state index in [1.54, 1.807) is 0 Å². The van der Waals surface area contributed by atoms with Crippen molar-refractivity contribution in [3.8, 4) is 11.6 Å². The molecule has 19 heavy (non-hydrogen) atoms. The minimum Gasteiger partial charge on any atom is -0.439 e. The molecule has 0 saturated carbocycles. The summed E-state index contributed by atoms with van der Waals surface area (Å²) < 4.78 is 55.6. The van der Waals surface area contributed by atoms with Gasteiger partial charge in [-0.1, -0.05) is 6.07 Å². The number of halogens is 4. The van der Waals surface area contributed by atoms with E-state index >= 15 is 0 Å². The van der Waals surface area contributed by atoms with E-state index < -0.39 is 17.6 Å². The van der Waals surface area contributed by atoms with Crippen molar-refractivity contribution < 1.29 is 22.3 Å². The van der Waals surface area contributed by atoms with E-state index in [9.17, 15) is 17.6 Å². The van der Waals surface area contributed by atoms with Gasteiger partial charge in [0.25, 0.3) is 0 Å². The molecule has 7 heteroatoms. The van der Waals surface area contributed by atoms with Crippen LogP contribution in [0.1, 0.15) is 5.56 Å². The Labute approximate surface area is 105 Å². The smallest absolute Gasteiger partial charge is 0.416 e. The number of pyridine rings is 1. The van der Waals surface area contributed by atoms with Gasteiger partial charge in [-0.2, -0.15) is 18.2 Å². The maximum Gasteiger partial charge on any atom is 0.416 e. The molecule has 2 rings (SSSR count). The second kappa shape index (κ2) is 4.75. The third-order valence-electron chi connectivity index (χ3n) is 2.17. The fourth-order valence-corrected chi connectivity index (χ4v) is 1.39. The maximum atomic E-state index is 12.9. The molecule has 0 fully saturated rings. The molecule has 0 bridgehead atoms. The van der Waals surface area contributed by atoms with E-state index in [0.29, 0.717) is 12.1 Å². The largest absolute Gasteiger partial charge is 0.439 e. The minimum absolute atomic E-state index is 0.0335. The van der Waals surface area contributed by atoms with E-state index in [-0.39, 0.29) is 17.4 Å². The highest BCUT2D eigenvalue weighted by Gasteiger charge is 2.31. The Bertz CT molecular complexity index is 599. The molecule has 0 unspecified atom stereocenters. The summed E-state index contributed by atoms with van der Waals surface area (Å²) in [5.41, 5.74) is 4.29. The van der Waals surface area contributed by atoms with Crippen LogP contribution in [0.15, 0.2) is 36.4 Å². The summed E-state index contributed by atoms with van der Waals surface area (Å²) in [5.74, 6) is -1.22. The Balaban J connectivity index is 2.33. The Kier molecular flexibility index (Phi) is 3.28. The van der Waals surface area contributed by atoms with E-state index in [4.69, 9.17) is 10.5 Å². The minimum atomic E-state index is -4.56. The molecule has 0 saturated heterocycles. The van der Waals surface area contributed by atoms with Gasteiger partial charge in [0.2, 0.25) is 5.88 Å². The van der Waals surface area contributed by atoms with Crippen LogP contribution in [0.5, 0.6) is 11.6 Å². The van der Waals surface area contributed by atoms with Crippen LogP contribution in [0.4, 0.5) is 23.4 Å². The molecule has 0 aliphatic rings. The monoisotopic (exact) mass is 272 g/mol. The number of ether oxygens (including phenoxy) is 1. The van der Waals surface area contributed by atoms with Crippen molar-refractivity contribution in [3.05, 3.63) is 47.8 Å². The summed E-state index contributed by atoms with van der Waals surface area (Å²) in [6.45, 7) is 0.